The minimum Gasteiger partial charge on any atom is -0.360 e. The Morgan fingerprint density at radius 3 is 2.48 bits per heavy atom. The second-order valence-corrected chi connectivity index (χ2v) is 8.05. The fraction of sp³-hybridized carbons (Fsp3) is 0.0667. The van der Waals surface area contributed by atoms with E-state index in [0.717, 1.165) is 11.3 Å². The van der Waals surface area contributed by atoms with Crippen LogP contribution in [0.25, 0.3) is 0 Å². The molecule has 140 valence electrons. The Morgan fingerprint density at radius 1 is 1.22 bits per heavy atom. The standard InChI is InChI=1S/C15H12N4O6S2/c1-9-8-13(17-25-9)18-27(23,24)11-4-2-10(3-5-11)16-15(20)12-6-7-14(26-12)19(21)22/h2-8H,1H3,(H,16,20)(H,17,18). The van der Waals surface area contributed by atoms with Crippen molar-refractivity contribution in [2.24, 2.45) is 0 Å². The van der Waals surface area contributed by atoms with Crippen molar-refractivity contribution in [1.29, 1.82) is 0 Å². The number of sulfonamides is 1. The summed E-state index contributed by atoms with van der Waals surface area (Å²) < 4.78 is 31.7. The van der Waals surface area contributed by atoms with Crippen molar-refractivity contribution in [3.63, 3.8) is 0 Å². The van der Waals surface area contributed by atoms with E-state index in [9.17, 15) is 23.3 Å². The summed E-state index contributed by atoms with van der Waals surface area (Å²) in [5.74, 6) is -0.0105. The predicted octanol–water partition coefficient (Wildman–Crippen LogP) is 3.01. The Hall–Kier alpha value is -3.25. The largest absolute Gasteiger partial charge is 0.360 e. The molecule has 3 aromatic rings. The lowest BCUT2D eigenvalue weighted by atomic mass is 10.3. The Kier molecular flexibility index (Phi) is 4.92. The molecule has 27 heavy (non-hydrogen) atoms. The van der Waals surface area contributed by atoms with Gasteiger partial charge in [0.25, 0.3) is 15.9 Å². The predicted molar refractivity (Wildman–Crippen MR) is 97.4 cm³/mol. The highest BCUT2D eigenvalue weighted by atomic mass is 32.2. The number of nitrogens with zero attached hydrogens (tertiary/aromatic N) is 2. The zero-order chi connectivity index (χ0) is 19.6. The van der Waals surface area contributed by atoms with Crippen molar-refractivity contribution < 1.29 is 22.7 Å². The molecule has 0 aliphatic carbocycles. The Bertz CT molecular complexity index is 1100. The molecular weight excluding hydrogens is 396 g/mol. The number of rotatable bonds is 6. The topological polar surface area (TPSA) is 144 Å². The number of nitrogens with one attached hydrogen (secondary N) is 2. The van der Waals surface area contributed by atoms with Gasteiger partial charge in [-0.25, -0.2) is 8.42 Å². The molecule has 3 rings (SSSR count). The molecule has 1 aromatic carbocycles. The van der Waals surface area contributed by atoms with Gasteiger partial charge in [0, 0.05) is 17.8 Å². The molecule has 0 fully saturated rings. The van der Waals surface area contributed by atoms with Gasteiger partial charge in [0.2, 0.25) is 0 Å². The number of aryl methyl sites for hydroxylation is 1. The van der Waals surface area contributed by atoms with E-state index in [1.165, 1.54) is 42.5 Å². The van der Waals surface area contributed by atoms with Crippen molar-refractivity contribution in [3.05, 3.63) is 63.2 Å². The third-order valence-corrected chi connectivity index (χ3v) is 5.69. The summed E-state index contributed by atoms with van der Waals surface area (Å²) in [6, 6.07) is 9.45. The average molecular weight is 408 g/mol. The van der Waals surface area contributed by atoms with Gasteiger partial charge in [0.05, 0.1) is 14.7 Å². The van der Waals surface area contributed by atoms with Crippen LogP contribution in [0.1, 0.15) is 15.4 Å². The van der Waals surface area contributed by atoms with Gasteiger partial charge in [0.15, 0.2) is 5.82 Å². The molecule has 10 nitrogen and oxygen atoms in total. The number of aromatic nitrogens is 1. The molecule has 1 amide bonds. The summed E-state index contributed by atoms with van der Waals surface area (Å²) in [5, 5.41) is 16.6. The number of amides is 1. The van der Waals surface area contributed by atoms with Crippen LogP contribution in [0.4, 0.5) is 16.5 Å². The van der Waals surface area contributed by atoms with Crippen LogP contribution in [0.15, 0.2) is 51.9 Å². The number of hydrogen-bond acceptors (Lipinski definition) is 8. The van der Waals surface area contributed by atoms with Gasteiger partial charge in [-0.15, -0.1) is 0 Å². The molecular formula is C15H12N4O6S2. The lowest BCUT2D eigenvalue weighted by Gasteiger charge is -2.07. The zero-order valence-corrected chi connectivity index (χ0v) is 15.3. The quantitative estimate of drug-likeness (QED) is 0.471. The van der Waals surface area contributed by atoms with Crippen molar-refractivity contribution in [2.45, 2.75) is 11.8 Å². The van der Waals surface area contributed by atoms with Gasteiger partial charge in [-0.05, 0) is 37.3 Å². The molecule has 0 radical (unpaired) electrons. The highest BCUT2D eigenvalue weighted by molar-refractivity contribution is 7.92. The lowest BCUT2D eigenvalue weighted by molar-refractivity contribution is -0.380. The number of carbonyl (C=O) groups excluding carboxylic acids is 1. The minimum atomic E-state index is -3.86. The van der Waals surface area contributed by atoms with Gasteiger partial charge < -0.3 is 9.84 Å². The van der Waals surface area contributed by atoms with Crippen molar-refractivity contribution in [2.75, 3.05) is 10.0 Å². The summed E-state index contributed by atoms with van der Waals surface area (Å²) in [4.78, 5) is 22.3. The maximum absolute atomic E-state index is 12.3. The molecule has 0 bridgehead atoms. The van der Waals surface area contributed by atoms with E-state index in [-0.39, 0.29) is 20.6 Å². The maximum atomic E-state index is 12.3. The molecule has 0 atom stereocenters. The molecule has 0 saturated carbocycles. The van der Waals surface area contributed by atoms with Crippen molar-refractivity contribution >= 4 is 43.8 Å². The first-order valence-corrected chi connectivity index (χ1v) is 9.66. The van der Waals surface area contributed by atoms with E-state index < -0.39 is 20.9 Å². The molecule has 0 unspecified atom stereocenters. The van der Waals surface area contributed by atoms with Crippen LogP contribution < -0.4 is 10.0 Å². The van der Waals surface area contributed by atoms with Gasteiger partial charge in [0.1, 0.15) is 5.76 Å². The second-order valence-electron chi connectivity index (χ2n) is 5.30. The van der Waals surface area contributed by atoms with Crippen LogP contribution >= 0.6 is 11.3 Å². The maximum Gasteiger partial charge on any atom is 0.324 e. The van der Waals surface area contributed by atoms with Crippen LogP contribution in [-0.2, 0) is 10.0 Å². The fourth-order valence-corrected chi connectivity index (χ4v) is 3.77. The third kappa shape index (κ3) is 4.30. The zero-order valence-electron chi connectivity index (χ0n) is 13.7. The SMILES string of the molecule is Cc1cc(NS(=O)(=O)c2ccc(NC(=O)c3ccc([N+](=O)[O-])s3)cc2)no1. The van der Waals surface area contributed by atoms with Crippen LogP contribution in [0.5, 0.6) is 0 Å². The highest BCUT2D eigenvalue weighted by Gasteiger charge is 2.18. The van der Waals surface area contributed by atoms with Crippen LogP contribution in [0, 0.1) is 17.0 Å². The number of carbonyl (C=O) groups is 1. The second kappa shape index (κ2) is 7.17. The molecule has 2 aromatic heterocycles. The summed E-state index contributed by atoms with van der Waals surface area (Å²) >= 11 is 0.746. The smallest absolute Gasteiger partial charge is 0.324 e. The first kappa shape index (κ1) is 18.5. The molecule has 2 heterocycles. The Balaban J connectivity index is 1.70. The molecule has 0 aliphatic rings. The number of anilines is 2. The normalized spacial score (nSPS) is 11.1. The summed E-state index contributed by atoms with van der Waals surface area (Å²) in [5.41, 5.74) is 0.340. The summed E-state index contributed by atoms with van der Waals surface area (Å²) in [7, 11) is -3.86. The average Bonchev–Trinajstić information content (AvgIpc) is 3.24. The van der Waals surface area contributed by atoms with E-state index in [1.54, 1.807) is 6.92 Å². The number of hydrogen-bond donors (Lipinski definition) is 2. The van der Waals surface area contributed by atoms with E-state index in [1.807, 2.05) is 0 Å². The van der Waals surface area contributed by atoms with Crippen molar-refractivity contribution in [1.82, 2.24) is 5.16 Å². The van der Waals surface area contributed by atoms with E-state index in [4.69, 9.17) is 4.52 Å². The number of benzene rings is 1. The molecule has 2 N–H and O–H groups in total. The van der Waals surface area contributed by atoms with Gasteiger partial charge in [-0.2, -0.15) is 0 Å². The lowest BCUT2D eigenvalue weighted by Crippen LogP contribution is -2.14. The molecule has 0 saturated heterocycles. The van der Waals surface area contributed by atoms with Crippen molar-refractivity contribution in [3.8, 4) is 0 Å². The molecule has 12 heteroatoms. The van der Waals surface area contributed by atoms with Gasteiger partial charge in [-0.3, -0.25) is 19.6 Å². The Morgan fingerprint density at radius 2 is 1.93 bits per heavy atom. The van der Waals surface area contributed by atoms with Crippen LogP contribution in [0.3, 0.4) is 0 Å². The third-order valence-electron chi connectivity index (χ3n) is 3.28. The number of thiophene rings is 1. The summed E-state index contributed by atoms with van der Waals surface area (Å²) in [6.07, 6.45) is 0. The monoisotopic (exact) mass is 408 g/mol. The highest BCUT2D eigenvalue weighted by Crippen LogP contribution is 2.25. The van der Waals surface area contributed by atoms with E-state index >= 15 is 0 Å². The summed E-state index contributed by atoms with van der Waals surface area (Å²) in [6.45, 7) is 1.63. The minimum absolute atomic E-state index is 0.0343. The fourth-order valence-electron chi connectivity index (χ4n) is 2.07. The molecule has 0 spiro atoms. The van der Waals surface area contributed by atoms with Gasteiger partial charge >= 0.3 is 5.00 Å². The van der Waals surface area contributed by atoms with Gasteiger partial charge in [-0.1, -0.05) is 16.5 Å². The first-order valence-electron chi connectivity index (χ1n) is 7.36. The molecule has 0 aliphatic heterocycles. The van der Waals surface area contributed by atoms with E-state index in [0.29, 0.717) is 11.4 Å². The first-order chi connectivity index (χ1) is 12.7. The Labute approximate surface area is 157 Å². The number of nitro groups is 1. The van der Waals surface area contributed by atoms with Crippen LogP contribution in [-0.4, -0.2) is 24.4 Å². The van der Waals surface area contributed by atoms with E-state index in [2.05, 4.69) is 15.2 Å². The van der Waals surface area contributed by atoms with Crippen LogP contribution in [0.2, 0.25) is 0 Å².